The topological polar surface area (TPSA) is 46.3 Å². The van der Waals surface area contributed by atoms with Crippen molar-refractivity contribution in [1.29, 1.82) is 0 Å². The smallest absolute Gasteiger partial charge is 0.256 e. The molecule has 0 aliphatic carbocycles. The number of benzene rings is 1. The normalized spacial score (nSPS) is 12.3. The molecule has 3 nitrogen and oxygen atoms in total. The van der Waals surface area contributed by atoms with Crippen LogP contribution in [0.1, 0.15) is 29.3 Å². The van der Waals surface area contributed by atoms with Crippen molar-refractivity contribution < 1.29 is 9.18 Å². The Morgan fingerprint density at radius 1 is 1.53 bits per heavy atom. The number of nitrogen functional groups attached to an aromatic ring is 1. The maximum atomic E-state index is 14.0. The van der Waals surface area contributed by atoms with Crippen molar-refractivity contribution in [2.45, 2.75) is 26.3 Å². The summed E-state index contributed by atoms with van der Waals surface area (Å²) < 4.78 is 14.0. The number of thioether (sulfide) groups is 1. The molecule has 0 saturated carbocycles. The molecule has 0 aromatic heterocycles. The molecule has 0 heterocycles. The van der Waals surface area contributed by atoms with Gasteiger partial charge in [-0.3, -0.25) is 4.79 Å². The lowest BCUT2D eigenvalue weighted by molar-refractivity contribution is 0.0736. The molecule has 0 radical (unpaired) electrons. The third-order valence-corrected chi connectivity index (χ3v) is 3.87. The highest BCUT2D eigenvalue weighted by Gasteiger charge is 2.21. The van der Waals surface area contributed by atoms with E-state index in [2.05, 4.69) is 0 Å². The van der Waals surface area contributed by atoms with E-state index in [0.29, 0.717) is 11.3 Å². The van der Waals surface area contributed by atoms with Gasteiger partial charge in [0.25, 0.3) is 5.91 Å². The van der Waals surface area contributed by atoms with E-state index in [4.69, 9.17) is 5.73 Å². The number of carbonyl (C=O) groups is 1. The van der Waals surface area contributed by atoms with Gasteiger partial charge in [-0.25, -0.2) is 4.39 Å². The van der Waals surface area contributed by atoms with Gasteiger partial charge in [0.2, 0.25) is 0 Å². The van der Waals surface area contributed by atoms with Gasteiger partial charge in [-0.2, -0.15) is 11.8 Å². The molecular formula is C14H21FN2OS. The first-order valence-corrected chi connectivity index (χ1v) is 7.59. The first kappa shape index (κ1) is 15.8. The zero-order valence-corrected chi connectivity index (χ0v) is 12.7. The number of aryl methyl sites for hydroxylation is 1. The van der Waals surface area contributed by atoms with Crippen LogP contribution >= 0.6 is 11.8 Å². The highest BCUT2D eigenvalue weighted by molar-refractivity contribution is 7.98. The number of rotatable bonds is 5. The van der Waals surface area contributed by atoms with E-state index in [1.807, 2.05) is 13.2 Å². The molecule has 1 unspecified atom stereocenters. The van der Waals surface area contributed by atoms with Crippen LogP contribution in [0, 0.1) is 12.7 Å². The number of anilines is 1. The summed E-state index contributed by atoms with van der Waals surface area (Å²) >= 11 is 1.73. The maximum Gasteiger partial charge on any atom is 0.256 e. The Labute approximate surface area is 118 Å². The van der Waals surface area contributed by atoms with Crippen LogP contribution in [0.3, 0.4) is 0 Å². The molecule has 0 spiro atoms. The number of nitrogens with zero attached hydrogens (tertiary/aromatic N) is 1. The molecule has 1 atom stereocenters. The van der Waals surface area contributed by atoms with Gasteiger partial charge in [0, 0.05) is 18.8 Å². The van der Waals surface area contributed by atoms with E-state index >= 15 is 0 Å². The van der Waals surface area contributed by atoms with Gasteiger partial charge in [-0.1, -0.05) is 0 Å². The monoisotopic (exact) mass is 284 g/mol. The molecule has 1 aromatic rings. The Balaban J connectivity index is 2.94. The van der Waals surface area contributed by atoms with E-state index in [9.17, 15) is 9.18 Å². The molecule has 1 aromatic carbocycles. The molecule has 5 heteroatoms. The van der Waals surface area contributed by atoms with Gasteiger partial charge < -0.3 is 10.6 Å². The SMILES string of the molecule is CSCCC(C)N(C)C(=O)c1cc(N)cc(C)c1F. The van der Waals surface area contributed by atoms with Gasteiger partial charge in [-0.05, 0) is 50.0 Å². The van der Waals surface area contributed by atoms with E-state index in [1.165, 1.54) is 12.1 Å². The Morgan fingerprint density at radius 3 is 2.74 bits per heavy atom. The zero-order valence-electron chi connectivity index (χ0n) is 11.9. The quantitative estimate of drug-likeness (QED) is 0.846. The minimum absolute atomic E-state index is 0.0519. The van der Waals surface area contributed by atoms with Gasteiger partial charge in [0.05, 0.1) is 5.56 Å². The molecule has 1 amide bonds. The molecule has 0 saturated heterocycles. The van der Waals surface area contributed by atoms with Gasteiger partial charge in [0.15, 0.2) is 0 Å². The number of hydrogen-bond donors (Lipinski definition) is 1. The van der Waals surface area contributed by atoms with E-state index in [0.717, 1.165) is 12.2 Å². The Kier molecular flexibility index (Phi) is 5.66. The van der Waals surface area contributed by atoms with E-state index < -0.39 is 5.82 Å². The molecule has 0 aliphatic heterocycles. The van der Waals surface area contributed by atoms with Crippen LogP contribution < -0.4 is 5.73 Å². The molecule has 0 bridgehead atoms. The van der Waals surface area contributed by atoms with Crippen molar-refractivity contribution in [2.75, 3.05) is 24.8 Å². The summed E-state index contributed by atoms with van der Waals surface area (Å²) in [7, 11) is 1.70. The highest BCUT2D eigenvalue weighted by Crippen LogP contribution is 2.20. The number of halogens is 1. The van der Waals surface area contributed by atoms with Crippen molar-refractivity contribution >= 4 is 23.4 Å². The third kappa shape index (κ3) is 3.86. The highest BCUT2D eigenvalue weighted by atomic mass is 32.2. The number of hydrogen-bond acceptors (Lipinski definition) is 3. The second kappa shape index (κ2) is 6.80. The summed E-state index contributed by atoms with van der Waals surface area (Å²) in [5.41, 5.74) is 6.54. The van der Waals surface area contributed by atoms with Crippen LogP contribution in [0.4, 0.5) is 10.1 Å². The predicted molar refractivity (Wildman–Crippen MR) is 80.1 cm³/mol. The molecule has 0 aliphatic rings. The Morgan fingerprint density at radius 2 is 2.16 bits per heavy atom. The van der Waals surface area contributed by atoms with Gasteiger partial charge in [-0.15, -0.1) is 0 Å². The average molecular weight is 284 g/mol. The summed E-state index contributed by atoms with van der Waals surface area (Å²) in [5.74, 6) is 0.168. The van der Waals surface area contributed by atoms with Crippen LogP contribution in [0.25, 0.3) is 0 Å². The minimum atomic E-state index is -0.483. The molecular weight excluding hydrogens is 263 g/mol. The Hall–Kier alpha value is -1.23. The maximum absolute atomic E-state index is 14.0. The second-order valence-electron chi connectivity index (χ2n) is 4.75. The van der Waals surface area contributed by atoms with Crippen LogP contribution in [0.5, 0.6) is 0 Å². The summed E-state index contributed by atoms with van der Waals surface area (Å²) in [5, 5.41) is 0. The van der Waals surface area contributed by atoms with Crippen molar-refractivity contribution in [2.24, 2.45) is 0 Å². The molecule has 0 fully saturated rings. The molecule has 106 valence electrons. The first-order chi connectivity index (χ1) is 8.88. The number of amides is 1. The van der Waals surface area contributed by atoms with Crippen molar-refractivity contribution in [3.8, 4) is 0 Å². The molecule has 2 N–H and O–H groups in total. The second-order valence-corrected chi connectivity index (χ2v) is 5.73. The fraction of sp³-hybridized carbons (Fsp3) is 0.500. The fourth-order valence-electron chi connectivity index (χ4n) is 1.83. The standard InChI is InChI=1S/C14H21FN2OS/c1-9-7-11(16)8-12(13(9)15)14(18)17(3)10(2)5-6-19-4/h7-8,10H,5-6,16H2,1-4H3. The predicted octanol–water partition coefficient (Wildman–Crippen LogP) is 2.93. The third-order valence-electron chi connectivity index (χ3n) is 3.23. The largest absolute Gasteiger partial charge is 0.399 e. The molecule has 1 rings (SSSR count). The van der Waals surface area contributed by atoms with Crippen LogP contribution in [0.2, 0.25) is 0 Å². The zero-order chi connectivity index (χ0) is 14.6. The lowest BCUT2D eigenvalue weighted by atomic mass is 10.1. The van der Waals surface area contributed by atoms with Crippen molar-refractivity contribution in [3.05, 3.63) is 29.1 Å². The summed E-state index contributed by atoms with van der Waals surface area (Å²) in [4.78, 5) is 13.9. The van der Waals surface area contributed by atoms with E-state index in [-0.39, 0.29) is 17.5 Å². The van der Waals surface area contributed by atoms with E-state index in [1.54, 1.807) is 30.6 Å². The lowest BCUT2D eigenvalue weighted by Crippen LogP contribution is -2.36. The van der Waals surface area contributed by atoms with Gasteiger partial charge >= 0.3 is 0 Å². The van der Waals surface area contributed by atoms with Gasteiger partial charge in [0.1, 0.15) is 5.82 Å². The fourth-order valence-corrected chi connectivity index (χ4v) is 2.40. The summed E-state index contributed by atoms with van der Waals surface area (Å²) in [6.07, 6.45) is 2.90. The number of carbonyl (C=O) groups excluding carboxylic acids is 1. The lowest BCUT2D eigenvalue weighted by Gasteiger charge is -2.25. The summed E-state index contributed by atoms with van der Waals surface area (Å²) in [6, 6.07) is 3.01. The van der Waals surface area contributed by atoms with Crippen molar-refractivity contribution in [1.82, 2.24) is 4.90 Å². The van der Waals surface area contributed by atoms with Crippen LogP contribution in [0.15, 0.2) is 12.1 Å². The molecule has 19 heavy (non-hydrogen) atoms. The van der Waals surface area contributed by atoms with Crippen molar-refractivity contribution in [3.63, 3.8) is 0 Å². The first-order valence-electron chi connectivity index (χ1n) is 6.20. The minimum Gasteiger partial charge on any atom is -0.399 e. The van der Waals surface area contributed by atoms with Crippen LogP contribution in [-0.4, -0.2) is 35.9 Å². The number of nitrogens with two attached hydrogens (primary N) is 1. The summed E-state index contributed by atoms with van der Waals surface area (Å²) in [6.45, 7) is 3.57. The Bertz CT molecular complexity index is 465. The van der Waals surface area contributed by atoms with Crippen LogP contribution in [-0.2, 0) is 0 Å². The average Bonchev–Trinajstić information content (AvgIpc) is 2.38.